The third-order valence-electron chi connectivity index (χ3n) is 5.24. The predicted octanol–water partition coefficient (Wildman–Crippen LogP) is 1.17. The first kappa shape index (κ1) is 19.2. The van der Waals surface area contributed by atoms with Crippen molar-refractivity contribution in [2.45, 2.75) is 12.6 Å². The molecular formula is C21H25N5O3. The van der Waals surface area contributed by atoms with E-state index in [-0.39, 0.29) is 24.4 Å². The highest BCUT2D eigenvalue weighted by Gasteiger charge is 2.34. The minimum Gasteiger partial charge on any atom is -0.408 e. The van der Waals surface area contributed by atoms with Crippen molar-refractivity contribution in [3.8, 4) is 0 Å². The maximum atomic E-state index is 12.8. The van der Waals surface area contributed by atoms with Crippen LogP contribution in [0.5, 0.6) is 0 Å². The Morgan fingerprint density at radius 1 is 1.21 bits per heavy atom. The molecule has 3 heterocycles. The Bertz CT molecular complexity index is 1040. The minimum atomic E-state index is -0.521. The smallest absolute Gasteiger partial charge is 0.408 e. The summed E-state index contributed by atoms with van der Waals surface area (Å²) in [6, 6.07) is 12.9. The molecule has 29 heavy (non-hydrogen) atoms. The van der Waals surface area contributed by atoms with Gasteiger partial charge in [-0.15, -0.1) is 0 Å². The molecule has 8 nitrogen and oxygen atoms in total. The number of oxazole rings is 1. The minimum absolute atomic E-state index is 0.0271. The highest BCUT2D eigenvalue weighted by atomic mass is 16.4. The standard InChI is InChI=1S/C21H25N5O3/c1-24(2)11-15-12-25(19-9-5-6-10-22-19)13-16(15)23-20(27)14-26-17-7-3-4-8-18(17)29-21(26)28/h3-10,15-16H,11-14H2,1-2H3,(H,23,27)/t15-,16-/m1/s1. The van der Waals surface area contributed by atoms with E-state index in [0.29, 0.717) is 17.6 Å². The number of fused-ring (bicyclic) bond motifs is 1. The van der Waals surface area contributed by atoms with E-state index in [2.05, 4.69) is 20.1 Å². The normalized spacial score (nSPS) is 19.2. The fourth-order valence-electron chi connectivity index (χ4n) is 3.98. The molecular weight excluding hydrogens is 370 g/mol. The molecule has 0 radical (unpaired) electrons. The van der Waals surface area contributed by atoms with E-state index in [1.54, 1.807) is 24.4 Å². The quantitative estimate of drug-likeness (QED) is 0.675. The molecule has 8 heteroatoms. The second-order valence-corrected chi connectivity index (χ2v) is 7.71. The number of aromatic nitrogens is 2. The molecule has 0 bridgehead atoms. The Kier molecular flexibility index (Phi) is 5.35. The first-order valence-electron chi connectivity index (χ1n) is 9.69. The molecule has 1 aromatic carbocycles. The third-order valence-corrected chi connectivity index (χ3v) is 5.24. The zero-order valence-corrected chi connectivity index (χ0v) is 16.6. The van der Waals surface area contributed by atoms with Crippen LogP contribution in [0, 0.1) is 5.92 Å². The van der Waals surface area contributed by atoms with Crippen LogP contribution in [0.15, 0.2) is 57.9 Å². The van der Waals surface area contributed by atoms with E-state index in [9.17, 15) is 9.59 Å². The number of pyridine rings is 1. The van der Waals surface area contributed by atoms with Gasteiger partial charge < -0.3 is 19.5 Å². The predicted molar refractivity (Wildman–Crippen MR) is 111 cm³/mol. The number of amides is 1. The average Bonchev–Trinajstić information content (AvgIpc) is 3.23. The first-order valence-corrected chi connectivity index (χ1v) is 9.69. The van der Waals surface area contributed by atoms with Crippen LogP contribution in [0.25, 0.3) is 11.1 Å². The summed E-state index contributed by atoms with van der Waals surface area (Å²) in [5, 5.41) is 3.13. The van der Waals surface area contributed by atoms with Crippen molar-refractivity contribution in [3.05, 3.63) is 59.2 Å². The molecule has 0 unspecified atom stereocenters. The number of hydrogen-bond acceptors (Lipinski definition) is 6. The number of nitrogens with zero attached hydrogens (tertiary/aromatic N) is 4. The van der Waals surface area contributed by atoms with Crippen molar-refractivity contribution in [3.63, 3.8) is 0 Å². The van der Waals surface area contributed by atoms with E-state index < -0.39 is 5.76 Å². The fraction of sp³-hybridized carbons (Fsp3) is 0.381. The van der Waals surface area contributed by atoms with Crippen LogP contribution in [0.2, 0.25) is 0 Å². The Morgan fingerprint density at radius 3 is 2.76 bits per heavy atom. The van der Waals surface area contributed by atoms with Gasteiger partial charge in [0.2, 0.25) is 5.91 Å². The zero-order valence-electron chi connectivity index (χ0n) is 16.6. The van der Waals surface area contributed by atoms with E-state index in [4.69, 9.17) is 4.42 Å². The van der Waals surface area contributed by atoms with Crippen molar-refractivity contribution in [1.29, 1.82) is 0 Å². The fourth-order valence-corrected chi connectivity index (χ4v) is 3.98. The summed E-state index contributed by atoms with van der Waals surface area (Å²) in [6.45, 7) is 2.28. The van der Waals surface area contributed by atoms with Crippen LogP contribution in [0.1, 0.15) is 0 Å². The van der Waals surface area contributed by atoms with Gasteiger partial charge in [-0.3, -0.25) is 9.36 Å². The van der Waals surface area contributed by atoms with Crippen LogP contribution in [0.3, 0.4) is 0 Å². The van der Waals surface area contributed by atoms with E-state index >= 15 is 0 Å². The highest BCUT2D eigenvalue weighted by Crippen LogP contribution is 2.23. The highest BCUT2D eigenvalue weighted by molar-refractivity contribution is 5.79. The Labute approximate surface area is 168 Å². The molecule has 3 aromatic rings. The molecule has 0 saturated carbocycles. The number of rotatable bonds is 6. The van der Waals surface area contributed by atoms with Crippen LogP contribution >= 0.6 is 0 Å². The molecule has 1 fully saturated rings. The lowest BCUT2D eigenvalue weighted by molar-refractivity contribution is -0.122. The van der Waals surface area contributed by atoms with Crippen LogP contribution in [-0.2, 0) is 11.3 Å². The second-order valence-electron chi connectivity index (χ2n) is 7.71. The van der Waals surface area contributed by atoms with Gasteiger partial charge in [0, 0.05) is 31.7 Å². The van der Waals surface area contributed by atoms with Gasteiger partial charge >= 0.3 is 5.76 Å². The van der Waals surface area contributed by atoms with Crippen LogP contribution < -0.4 is 16.0 Å². The van der Waals surface area contributed by atoms with Gasteiger partial charge in [0.15, 0.2) is 5.58 Å². The van der Waals surface area contributed by atoms with Crippen molar-refractivity contribution in [1.82, 2.24) is 19.8 Å². The molecule has 1 N–H and O–H groups in total. The molecule has 4 rings (SSSR count). The summed E-state index contributed by atoms with van der Waals surface area (Å²) < 4.78 is 6.59. The monoisotopic (exact) mass is 395 g/mol. The van der Waals surface area contributed by atoms with Gasteiger partial charge in [0.1, 0.15) is 12.4 Å². The molecule has 1 amide bonds. The summed E-state index contributed by atoms with van der Waals surface area (Å²) in [7, 11) is 4.05. The summed E-state index contributed by atoms with van der Waals surface area (Å²) >= 11 is 0. The Balaban J connectivity index is 1.49. The number of hydrogen-bond donors (Lipinski definition) is 1. The largest absolute Gasteiger partial charge is 0.420 e. The summed E-state index contributed by atoms with van der Waals surface area (Å²) in [5.41, 5.74) is 1.11. The van der Waals surface area contributed by atoms with Crippen molar-refractivity contribution in [2.24, 2.45) is 5.92 Å². The first-order chi connectivity index (χ1) is 14.0. The molecule has 1 aliphatic rings. The lowest BCUT2D eigenvalue weighted by atomic mass is 10.0. The van der Waals surface area contributed by atoms with Gasteiger partial charge in [-0.25, -0.2) is 9.78 Å². The molecule has 0 spiro atoms. The Hall–Kier alpha value is -3.13. The number of anilines is 1. The molecule has 2 aromatic heterocycles. The average molecular weight is 395 g/mol. The maximum absolute atomic E-state index is 12.8. The van der Waals surface area contributed by atoms with Gasteiger partial charge in [-0.1, -0.05) is 18.2 Å². The number of carbonyl (C=O) groups excluding carboxylic acids is 1. The number of para-hydroxylation sites is 2. The SMILES string of the molecule is CN(C)C[C@@H]1CN(c2ccccn2)C[C@H]1NC(=O)Cn1c(=O)oc2ccccc21. The topological polar surface area (TPSA) is 83.6 Å². The molecule has 1 aliphatic heterocycles. The van der Waals surface area contributed by atoms with Gasteiger partial charge in [0.05, 0.1) is 11.6 Å². The number of carbonyl (C=O) groups is 1. The summed E-state index contributed by atoms with van der Waals surface area (Å²) in [6.07, 6.45) is 1.78. The maximum Gasteiger partial charge on any atom is 0.420 e. The molecule has 2 atom stereocenters. The Morgan fingerprint density at radius 2 is 2.00 bits per heavy atom. The van der Waals surface area contributed by atoms with E-state index in [1.807, 2.05) is 38.4 Å². The van der Waals surface area contributed by atoms with Crippen molar-refractivity contribution < 1.29 is 9.21 Å². The lowest BCUT2D eigenvalue weighted by Crippen LogP contribution is -2.45. The number of nitrogens with one attached hydrogen (secondary N) is 1. The van der Waals surface area contributed by atoms with Crippen LogP contribution in [-0.4, -0.2) is 60.1 Å². The second kappa shape index (κ2) is 8.08. The van der Waals surface area contributed by atoms with E-state index in [1.165, 1.54) is 4.57 Å². The molecule has 152 valence electrons. The summed E-state index contributed by atoms with van der Waals surface area (Å²) in [4.78, 5) is 33.7. The third kappa shape index (κ3) is 4.17. The molecule has 1 saturated heterocycles. The van der Waals surface area contributed by atoms with Gasteiger partial charge in [-0.2, -0.15) is 0 Å². The lowest BCUT2D eigenvalue weighted by Gasteiger charge is -2.22. The molecule has 0 aliphatic carbocycles. The van der Waals surface area contributed by atoms with Gasteiger partial charge in [0.25, 0.3) is 0 Å². The summed E-state index contributed by atoms with van der Waals surface area (Å²) in [5.74, 6) is 0.446. The van der Waals surface area contributed by atoms with Crippen molar-refractivity contribution in [2.75, 3.05) is 38.6 Å². The number of benzene rings is 1. The van der Waals surface area contributed by atoms with Crippen LogP contribution in [0.4, 0.5) is 5.82 Å². The van der Waals surface area contributed by atoms with Crippen molar-refractivity contribution >= 4 is 22.8 Å². The zero-order chi connectivity index (χ0) is 20.4. The van der Waals surface area contributed by atoms with E-state index in [0.717, 1.165) is 18.9 Å². The van der Waals surface area contributed by atoms with Gasteiger partial charge in [-0.05, 0) is 38.4 Å².